The summed E-state index contributed by atoms with van der Waals surface area (Å²) in [5.74, 6) is 5.16. The van der Waals surface area contributed by atoms with Crippen molar-refractivity contribution in [3.8, 4) is 0 Å². The van der Waals surface area contributed by atoms with E-state index in [9.17, 15) is 4.39 Å². The lowest BCUT2D eigenvalue weighted by Gasteiger charge is -2.32. The fraction of sp³-hybridized carbons (Fsp3) is 0.500. The predicted molar refractivity (Wildman–Crippen MR) is 67.3 cm³/mol. The molecule has 1 aromatic rings. The molecule has 0 saturated heterocycles. The third kappa shape index (κ3) is 3.39. The molecule has 96 valence electrons. The molecule has 0 saturated carbocycles. The zero-order valence-corrected chi connectivity index (χ0v) is 11.0. The van der Waals surface area contributed by atoms with Crippen molar-refractivity contribution in [1.29, 1.82) is 0 Å². The lowest BCUT2D eigenvalue weighted by molar-refractivity contribution is -0.0102. The first kappa shape index (κ1) is 14.4. The number of ether oxygens (including phenoxy) is 1. The highest BCUT2D eigenvalue weighted by atomic mass is 35.5. The Balaban J connectivity index is 2.96. The SMILES string of the molecule is COC(C)(C)C(Cc1c(F)cccc1Cl)NN. The minimum Gasteiger partial charge on any atom is -0.377 e. The third-order valence-corrected chi connectivity index (χ3v) is 3.39. The summed E-state index contributed by atoms with van der Waals surface area (Å²) in [7, 11) is 1.59. The summed E-state index contributed by atoms with van der Waals surface area (Å²) in [6.07, 6.45) is 0.364. The molecule has 3 N–H and O–H groups in total. The number of hydrogen-bond donors (Lipinski definition) is 2. The number of methoxy groups -OCH3 is 1. The van der Waals surface area contributed by atoms with Gasteiger partial charge in [0.05, 0.1) is 11.6 Å². The molecule has 1 atom stereocenters. The second-order valence-corrected chi connectivity index (χ2v) is 4.84. The normalized spacial score (nSPS) is 13.8. The molecule has 0 spiro atoms. The summed E-state index contributed by atoms with van der Waals surface area (Å²) in [4.78, 5) is 0. The first-order valence-corrected chi connectivity index (χ1v) is 5.74. The highest BCUT2D eigenvalue weighted by molar-refractivity contribution is 6.31. The van der Waals surface area contributed by atoms with Crippen LogP contribution in [0.2, 0.25) is 5.02 Å². The quantitative estimate of drug-likeness (QED) is 0.631. The second-order valence-electron chi connectivity index (χ2n) is 4.43. The summed E-state index contributed by atoms with van der Waals surface area (Å²) in [5, 5.41) is 0.400. The van der Waals surface area contributed by atoms with E-state index in [4.69, 9.17) is 22.2 Å². The van der Waals surface area contributed by atoms with Crippen LogP contribution in [0, 0.1) is 5.82 Å². The van der Waals surface area contributed by atoms with Crippen LogP contribution in [0.25, 0.3) is 0 Å². The predicted octanol–water partition coefficient (Wildman–Crippen LogP) is 2.28. The fourth-order valence-electron chi connectivity index (χ4n) is 1.58. The van der Waals surface area contributed by atoms with Crippen molar-refractivity contribution in [2.75, 3.05) is 7.11 Å². The number of hydrazine groups is 1. The number of hydrogen-bond acceptors (Lipinski definition) is 3. The van der Waals surface area contributed by atoms with Crippen LogP contribution in [0.15, 0.2) is 18.2 Å². The molecular weight excluding hydrogens is 243 g/mol. The molecule has 5 heteroatoms. The van der Waals surface area contributed by atoms with Gasteiger partial charge < -0.3 is 4.74 Å². The summed E-state index contributed by atoms with van der Waals surface area (Å²) < 4.78 is 19.0. The Kier molecular flexibility index (Phi) is 4.89. The number of nitrogens with two attached hydrogens (primary N) is 1. The highest BCUT2D eigenvalue weighted by Gasteiger charge is 2.29. The smallest absolute Gasteiger partial charge is 0.127 e. The minimum absolute atomic E-state index is 0.234. The van der Waals surface area contributed by atoms with Crippen LogP contribution in [0.1, 0.15) is 19.4 Å². The average Bonchev–Trinajstić information content (AvgIpc) is 2.28. The van der Waals surface area contributed by atoms with Crippen molar-refractivity contribution in [2.45, 2.75) is 31.9 Å². The molecule has 17 heavy (non-hydrogen) atoms. The molecule has 0 aliphatic rings. The summed E-state index contributed by atoms with van der Waals surface area (Å²) >= 11 is 5.97. The molecule has 0 heterocycles. The number of benzene rings is 1. The zero-order valence-electron chi connectivity index (χ0n) is 10.3. The molecule has 0 aliphatic heterocycles. The fourth-order valence-corrected chi connectivity index (χ4v) is 1.82. The van der Waals surface area contributed by atoms with Crippen LogP contribution in [0.5, 0.6) is 0 Å². The van der Waals surface area contributed by atoms with Gasteiger partial charge in [-0.3, -0.25) is 11.3 Å². The number of nitrogens with one attached hydrogen (secondary N) is 1. The van der Waals surface area contributed by atoms with Crippen molar-refractivity contribution in [3.63, 3.8) is 0 Å². The highest BCUT2D eigenvalue weighted by Crippen LogP contribution is 2.24. The Morgan fingerprint density at radius 2 is 2.18 bits per heavy atom. The third-order valence-electron chi connectivity index (χ3n) is 3.04. The van der Waals surface area contributed by atoms with Gasteiger partial charge in [-0.1, -0.05) is 17.7 Å². The Morgan fingerprint density at radius 1 is 1.53 bits per heavy atom. The number of rotatable bonds is 5. The molecular formula is C12H18ClFN2O. The van der Waals surface area contributed by atoms with Crippen molar-refractivity contribution in [1.82, 2.24) is 5.43 Å². The summed E-state index contributed by atoms with van der Waals surface area (Å²) in [6.45, 7) is 3.76. The Hall–Kier alpha value is -0.680. The van der Waals surface area contributed by atoms with E-state index in [1.807, 2.05) is 13.8 Å². The molecule has 0 bridgehead atoms. The van der Waals surface area contributed by atoms with E-state index >= 15 is 0 Å². The van der Waals surface area contributed by atoms with Crippen LogP contribution in [0.3, 0.4) is 0 Å². The second kappa shape index (κ2) is 5.78. The molecule has 1 rings (SSSR count). The molecule has 1 aromatic carbocycles. The molecule has 0 fully saturated rings. The van der Waals surface area contributed by atoms with Gasteiger partial charge in [0, 0.05) is 17.7 Å². The Labute approximate surface area is 106 Å². The van der Waals surface area contributed by atoms with Crippen molar-refractivity contribution in [3.05, 3.63) is 34.6 Å². The molecule has 1 unspecified atom stereocenters. The van der Waals surface area contributed by atoms with Gasteiger partial charge in [0.25, 0.3) is 0 Å². The van der Waals surface area contributed by atoms with Crippen LogP contribution in [-0.4, -0.2) is 18.8 Å². The van der Waals surface area contributed by atoms with E-state index in [-0.39, 0.29) is 11.9 Å². The summed E-state index contributed by atoms with van der Waals surface area (Å²) in [6, 6.07) is 4.39. The van der Waals surface area contributed by atoms with E-state index in [2.05, 4.69) is 5.43 Å². The monoisotopic (exact) mass is 260 g/mol. The van der Waals surface area contributed by atoms with Gasteiger partial charge >= 0.3 is 0 Å². The topological polar surface area (TPSA) is 47.3 Å². The van der Waals surface area contributed by atoms with Gasteiger partial charge in [-0.05, 0) is 32.4 Å². The largest absolute Gasteiger partial charge is 0.377 e. The maximum Gasteiger partial charge on any atom is 0.127 e. The van der Waals surface area contributed by atoms with Gasteiger partial charge in [-0.25, -0.2) is 4.39 Å². The average molecular weight is 261 g/mol. The van der Waals surface area contributed by atoms with Crippen LogP contribution >= 0.6 is 11.6 Å². The lowest BCUT2D eigenvalue weighted by Crippen LogP contribution is -2.52. The van der Waals surface area contributed by atoms with Crippen molar-refractivity contribution in [2.24, 2.45) is 5.84 Å². The Bertz CT molecular complexity index is 365. The zero-order chi connectivity index (χ0) is 13.1. The lowest BCUT2D eigenvalue weighted by atomic mass is 9.92. The number of halogens is 2. The van der Waals surface area contributed by atoms with E-state index in [1.165, 1.54) is 6.07 Å². The van der Waals surface area contributed by atoms with Gasteiger partial charge in [0.15, 0.2) is 0 Å². The minimum atomic E-state index is -0.514. The molecule has 0 aromatic heterocycles. The van der Waals surface area contributed by atoms with E-state index in [1.54, 1.807) is 19.2 Å². The first-order valence-electron chi connectivity index (χ1n) is 5.36. The van der Waals surface area contributed by atoms with Gasteiger partial charge in [-0.15, -0.1) is 0 Å². The van der Waals surface area contributed by atoms with Crippen molar-refractivity contribution >= 4 is 11.6 Å². The molecule has 0 amide bonds. The maximum atomic E-state index is 13.6. The standard InChI is InChI=1S/C12H18ClFN2O/c1-12(2,17-3)11(16-15)7-8-9(13)5-4-6-10(8)14/h4-6,11,16H,7,15H2,1-3H3. The first-order chi connectivity index (χ1) is 7.92. The van der Waals surface area contributed by atoms with Crippen LogP contribution in [0.4, 0.5) is 4.39 Å². The molecule has 0 aliphatic carbocycles. The van der Waals surface area contributed by atoms with E-state index in [0.717, 1.165) is 0 Å². The van der Waals surface area contributed by atoms with E-state index < -0.39 is 5.60 Å². The van der Waals surface area contributed by atoms with Crippen molar-refractivity contribution < 1.29 is 9.13 Å². The Morgan fingerprint density at radius 3 is 2.65 bits per heavy atom. The van der Waals surface area contributed by atoms with Crippen LogP contribution in [-0.2, 0) is 11.2 Å². The van der Waals surface area contributed by atoms with Gasteiger partial charge in [0.2, 0.25) is 0 Å². The van der Waals surface area contributed by atoms with Gasteiger partial charge in [0.1, 0.15) is 5.82 Å². The maximum absolute atomic E-state index is 13.6. The summed E-state index contributed by atoms with van der Waals surface area (Å²) in [5.41, 5.74) is 2.58. The van der Waals surface area contributed by atoms with Crippen LogP contribution < -0.4 is 11.3 Å². The molecule has 3 nitrogen and oxygen atoms in total. The van der Waals surface area contributed by atoms with Gasteiger partial charge in [-0.2, -0.15) is 0 Å². The molecule has 0 radical (unpaired) electrons. The van der Waals surface area contributed by atoms with E-state index in [0.29, 0.717) is 17.0 Å².